The van der Waals surface area contributed by atoms with Gasteiger partial charge in [-0.05, 0) is 0 Å². The van der Waals surface area contributed by atoms with Gasteiger partial charge in [-0.25, -0.2) is 9.67 Å². The molecule has 2 rings (SSSR count). The molecule has 24 heavy (non-hydrogen) atoms. The lowest BCUT2D eigenvalue weighted by atomic mass is 9.97. The van der Waals surface area contributed by atoms with Crippen molar-refractivity contribution in [2.75, 3.05) is 19.1 Å². The molecular weight excluding hydrogens is 344 g/mol. The van der Waals surface area contributed by atoms with E-state index < -0.39 is 37.3 Å². The van der Waals surface area contributed by atoms with E-state index in [2.05, 4.69) is 15.3 Å². The summed E-state index contributed by atoms with van der Waals surface area (Å²) in [5.41, 5.74) is 11.0. The van der Waals surface area contributed by atoms with Crippen molar-refractivity contribution in [2.45, 2.75) is 37.2 Å². The van der Waals surface area contributed by atoms with E-state index in [1.54, 1.807) is 0 Å². The first-order valence-electron chi connectivity index (χ1n) is 7.24. The fourth-order valence-electron chi connectivity index (χ4n) is 2.35. The third kappa shape index (κ3) is 4.32. The van der Waals surface area contributed by atoms with Gasteiger partial charge in [0.2, 0.25) is 0 Å². The van der Waals surface area contributed by atoms with Crippen LogP contribution in [-0.4, -0.2) is 80.0 Å². The van der Waals surface area contributed by atoms with E-state index in [4.69, 9.17) is 32.5 Å². The Kier molecular flexibility index (Phi) is 6.71. The molecule has 1 aliphatic rings. The van der Waals surface area contributed by atoms with E-state index in [9.17, 15) is 15.3 Å². The topological polar surface area (TPSA) is 174 Å². The highest BCUT2D eigenvalue weighted by Crippen LogP contribution is 2.30. The van der Waals surface area contributed by atoms with Crippen molar-refractivity contribution in [1.82, 2.24) is 15.0 Å². The maximum Gasteiger partial charge on any atom is 0.186 e. The third-order valence-corrected chi connectivity index (χ3v) is 3.65. The number of ether oxygens (including phenoxy) is 2. The van der Waals surface area contributed by atoms with Crippen molar-refractivity contribution in [3.05, 3.63) is 11.9 Å². The molecule has 0 aliphatic carbocycles. The predicted molar refractivity (Wildman–Crippen MR) is 83.0 cm³/mol. The van der Waals surface area contributed by atoms with Crippen LogP contribution in [-0.2, 0) is 16.0 Å². The lowest BCUT2D eigenvalue weighted by molar-refractivity contribution is -0.280. The van der Waals surface area contributed by atoms with E-state index in [-0.39, 0.29) is 25.0 Å². The highest BCUT2D eigenvalue weighted by Gasteiger charge is 2.46. The number of hydrogen-bond acceptors (Lipinski definition) is 8. The molecule has 0 unspecified atom stereocenters. The molecule has 5 atom stereocenters. The molecule has 1 aromatic heterocycles. The summed E-state index contributed by atoms with van der Waals surface area (Å²) in [5, 5.41) is 37.5. The van der Waals surface area contributed by atoms with E-state index in [0.29, 0.717) is 5.69 Å². The summed E-state index contributed by atoms with van der Waals surface area (Å²) in [4.78, 5) is 3.81. The Labute approximate surface area is 142 Å². The molecule has 1 fully saturated rings. The molecular formula is C12H21ClN6O5. The second kappa shape index (κ2) is 8.55. The Hall–Kier alpha value is -1.50. The smallest absolute Gasteiger partial charge is 0.186 e. The van der Waals surface area contributed by atoms with Crippen LogP contribution in [0.2, 0.25) is 0 Å². The SMILES string of the molecule is NC(N)=NCc1cn([C@@H]2[C@@H](OCCCl)O[C@H](CO)[C@@H](O)[C@@H]2O)nn1. The minimum absolute atomic E-state index is 0.0879. The summed E-state index contributed by atoms with van der Waals surface area (Å²) in [6, 6.07) is -0.883. The summed E-state index contributed by atoms with van der Waals surface area (Å²) in [5.74, 6) is 0.123. The van der Waals surface area contributed by atoms with Gasteiger partial charge in [0.05, 0.1) is 26.0 Å². The van der Waals surface area contributed by atoms with Gasteiger partial charge < -0.3 is 36.3 Å². The molecule has 11 nitrogen and oxygen atoms in total. The summed E-state index contributed by atoms with van der Waals surface area (Å²) in [6.07, 6.45) is -3.07. The lowest BCUT2D eigenvalue weighted by Crippen LogP contribution is -2.57. The lowest BCUT2D eigenvalue weighted by Gasteiger charge is -2.41. The zero-order chi connectivity index (χ0) is 17.7. The summed E-state index contributed by atoms with van der Waals surface area (Å²) >= 11 is 5.61. The first kappa shape index (κ1) is 18.8. The van der Waals surface area contributed by atoms with Gasteiger partial charge in [-0.1, -0.05) is 5.21 Å². The first-order valence-corrected chi connectivity index (χ1v) is 7.77. The fourth-order valence-corrected chi connectivity index (χ4v) is 2.44. The summed E-state index contributed by atoms with van der Waals surface area (Å²) in [7, 11) is 0. The molecule has 0 spiro atoms. The van der Waals surface area contributed by atoms with Crippen molar-refractivity contribution in [2.24, 2.45) is 16.5 Å². The van der Waals surface area contributed by atoms with Crippen LogP contribution in [0.15, 0.2) is 11.2 Å². The quantitative estimate of drug-likeness (QED) is 0.195. The van der Waals surface area contributed by atoms with Crippen molar-refractivity contribution in [3.8, 4) is 0 Å². The fraction of sp³-hybridized carbons (Fsp3) is 0.750. The molecule has 7 N–H and O–H groups in total. The van der Waals surface area contributed by atoms with E-state index in [1.807, 2.05) is 0 Å². The van der Waals surface area contributed by atoms with Crippen LogP contribution in [0.25, 0.3) is 0 Å². The second-order valence-electron chi connectivity index (χ2n) is 5.19. The molecule has 1 saturated heterocycles. The molecule has 2 heterocycles. The number of nitrogens with zero attached hydrogens (tertiary/aromatic N) is 4. The highest BCUT2D eigenvalue weighted by molar-refractivity contribution is 6.17. The Bertz CT molecular complexity index is 554. The Balaban J connectivity index is 2.21. The Morgan fingerprint density at radius 2 is 2.17 bits per heavy atom. The molecule has 1 aromatic rings. The minimum Gasteiger partial charge on any atom is -0.394 e. The standard InChI is InChI=1S/C12H21ClN6O5/c13-1-2-23-11-8(10(22)9(21)7(5-20)24-11)19-4-6(17-18-19)3-16-12(14)15/h4,7-11,20-22H,1-3,5H2,(H4,14,15,16)/t7-,8+,9-,10-,11+/m1/s1. The van der Waals surface area contributed by atoms with Gasteiger partial charge in [0, 0.05) is 5.88 Å². The van der Waals surface area contributed by atoms with Crippen LogP contribution in [0.1, 0.15) is 11.7 Å². The van der Waals surface area contributed by atoms with Gasteiger partial charge in [0.25, 0.3) is 0 Å². The number of rotatable bonds is 7. The molecule has 1 aliphatic heterocycles. The van der Waals surface area contributed by atoms with Crippen LogP contribution in [0.5, 0.6) is 0 Å². The van der Waals surface area contributed by atoms with Crippen molar-refractivity contribution in [3.63, 3.8) is 0 Å². The van der Waals surface area contributed by atoms with Gasteiger partial charge in [-0.3, -0.25) is 0 Å². The molecule has 0 bridgehead atoms. The van der Waals surface area contributed by atoms with Gasteiger partial charge in [-0.15, -0.1) is 16.7 Å². The zero-order valence-electron chi connectivity index (χ0n) is 12.8. The largest absolute Gasteiger partial charge is 0.394 e. The summed E-state index contributed by atoms with van der Waals surface area (Å²) < 4.78 is 12.3. The van der Waals surface area contributed by atoms with Crippen molar-refractivity contribution in [1.29, 1.82) is 0 Å². The number of guanidine groups is 1. The average molecular weight is 365 g/mol. The first-order chi connectivity index (χ1) is 11.5. The molecule has 0 aromatic carbocycles. The number of halogens is 1. The number of alkyl halides is 1. The van der Waals surface area contributed by atoms with E-state index in [1.165, 1.54) is 10.9 Å². The monoisotopic (exact) mass is 364 g/mol. The molecule has 12 heteroatoms. The highest BCUT2D eigenvalue weighted by atomic mass is 35.5. The zero-order valence-corrected chi connectivity index (χ0v) is 13.5. The molecule has 0 saturated carbocycles. The molecule has 136 valence electrons. The summed E-state index contributed by atoms with van der Waals surface area (Å²) in [6.45, 7) is -0.209. The van der Waals surface area contributed by atoms with Gasteiger partial charge >= 0.3 is 0 Å². The number of aliphatic hydroxyl groups excluding tert-OH is 3. The van der Waals surface area contributed by atoms with E-state index in [0.717, 1.165) is 0 Å². The normalized spacial score (nSPS) is 30.2. The van der Waals surface area contributed by atoms with Crippen LogP contribution in [0.4, 0.5) is 0 Å². The van der Waals surface area contributed by atoms with Crippen molar-refractivity contribution >= 4 is 17.6 Å². The van der Waals surface area contributed by atoms with Crippen LogP contribution in [0.3, 0.4) is 0 Å². The predicted octanol–water partition coefficient (Wildman–Crippen LogP) is -2.71. The van der Waals surface area contributed by atoms with Crippen molar-refractivity contribution < 1.29 is 24.8 Å². The number of hydrogen-bond donors (Lipinski definition) is 5. The maximum atomic E-state index is 10.4. The second-order valence-corrected chi connectivity index (χ2v) is 5.57. The van der Waals surface area contributed by atoms with E-state index >= 15 is 0 Å². The Morgan fingerprint density at radius 3 is 2.79 bits per heavy atom. The number of nitrogens with two attached hydrogens (primary N) is 2. The van der Waals surface area contributed by atoms with Gasteiger partial charge in [0.1, 0.15) is 30.0 Å². The average Bonchev–Trinajstić information content (AvgIpc) is 3.02. The maximum absolute atomic E-state index is 10.4. The number of aromatic nitrogens is 3. The third-order valence-electron chi connectivity index (χ3n) is 3.49. The van der Waals surface area contributed by atoms with Crippen LogP contribution < -0.4 is 11.5 Å². The molecule has 0 amide bonds. The number of aliphatic imine (C=N–C) groups is 1. The van der Waals surface area contributed by atoms with Crippen LogP contribution in [0, 0.1) is 0 Å². The minimum atomic E-state index is -1.32. The van der Waals surface area contributed by atoms with Gasteiger partial charge in [0.15, 0.2) is 12.2 Å². The Morgan fingerprint density at radius 1 is 1.42 bits per heavy atom. The molecule has 0 radical (unpaired) electrons. The van der Waals surface area contributed by atoms with Crippen LogP contribution >= 0.6 is 11.6 Å². The number of aliphatic hydroxyl groups is 3. The van der Waals surface area contributed by atoms with Gasteiger partial charge in [-0.2, -0.15) is 0 Å².